The van der Waals surface area contributed by atoms with Gasteiger partial charge in [-0.05, 0) is 56.4 Å². The van der Waals surface area contributed by atoms with Gasteiger partial charge in [0.05, 0.1) is 23.9 Å². The average Bonchev–Trinajstić information content (AvgIpc) is 3.04. The SMILES string of the molecule is COc1ccc(C)cc1S(=O)(=O)[C@H]1CS(=O)(=O)C[C@@H]1NCC(c1ccc(F)cc1)N(C)C. The Morgan fingerprint density at radius 2 is 1.81 bits per heavy atom. The van der Waals surface area contributed by atoms with E-state index in [-0.39, 0.29) is 28.3 Å². The maximum atomic E-state index is 13.5. The van der Waals surface area contributed by atoms with E-state index in [4.69, 9.17) is 4.74 Å². The van der Waals surface area contributed by atoms with Crippen molar-refractivity contribution in [2.45, 2.75) is 29.2 Å². The highest BCUT2D eigenvalue weighted by Gasteiger charge is 2.46. The molecular weight excluding hydrogens is 455 g/mol. The average molecular weight is 485 g/mol. The third-order valence-corrected chi connectivity index (χ3v) is 9.95. The Hall–Kier alpha value is -2.01. The number of nitrogens with zero attached hydrogens (tertiary/aromatic N) is 1. The van der Waals surface area contributed by atoms with Crippen LogP contribution in [0.4, 0.5) is 4.39 Å². The van der Waals surface area contributed by atoms with Crippen LogP contribution in [0.5, 0.6) is 5.75 Å². The Bertz CT molecular complexity index is 1170. The molecule has 32 heavy (non-hydrogen) atoms. The zero-order valence-corrected chi connectivity index (χ0v) is 20.2. The second kappa shape index (κ2) is 9.46. The van der Waals surface area contributed by atoms with Crippen molar-refractivity contribution in [2.75, 3.05) is 39.3 Å². The van der Waals surface area contributed by atoms with Gasteiger partial charge in [-0.15, -0.1) is 0 Å². The van der Waals surface area contributed by atoms with E-state index in [9.17, 15) is 21.2 Å². The molecule has 0 saturated carbocycles. The van der Waals surface area contributed by atoms with Gasteiger partial charge in [0.25, 0.3) is 0 Å². The lowest BCUT2D eigenvalue weighted by Crippen LogP contribution is -2.46. The number of hydrogen-bond donors (Lipinski definition) is 1. The Morgan fingerprint density at radius 1 is 1.16 bits per heavy atom. The second-order valence-corrected chi connectivity index (χ2v) is 12.6. The summed E-state index contributed by atoms with van der Waals surface area (Å²) >= 11 is 0. The highest BCUT2D eigenvalue weighted by atomic mass is 32.2. The maximum absolute atomic E-state index is 13.5. The highest BCUT2D eigenvalue weighted by molar-refractivity contribution is 7.96. The van der Waals surface area contributed by atoms with Crippen LogP contribution in [-0.2, 0) is 19.7 Å². The van der Waals surface area contributed by atoms with Crippen LogP contribution < -0.4 is 10.1 Å². The maximum Gasteiger partial charge on any atom is 0.187 e. The molecule has 1 fully saturated rings. The molecule has 1 aliphatic rings. The summed E-state index contributed by atoms with van der Waals surface area (Å²) in [6, 6.07) is 9.91. The van der Waals surface area contributed by atoms with E-state index in [0.29, 0.717) is 6.54 Å². The van der Waals surface area contributed by atoms with Crippen molar-refractivity contribution in [3.05, 3.63) is 59.4 Å². The van der Waals surface area contributed by atoms with Crippen LogP contribution in [0.2, 0.25) is 0 Å². The van der Waals surface area contributed by atoms with E-state index in [2.05, 4.69) is 5.32 Å². The Labute approximate surface area is 189 Å². The topological polar surface area (TPSA) is 92.8 Å². The third-order valence-electron chi connectivity index (χ3n) is 5.78. The molecule has 1 aliphatic heterocycles. The minimum absolute atomic E-state index is 0.00315. The van der Waals surface area contributed by atoms with Crippen molar-refractivity contribution in [1.29, 1.82) is 0 Å². The summed E-state index contributed by atoms with van der Waals surface area (Å²) in [6.07, 6.45) is 0. The number of aryl methyl sites for hydroxylation is 1. The molecule has 0 amide bonds. The molecule has 3 rings (SSSR count). The Morgan fingerprint density at radius 3 is 2.41 bits per heavy atom. The molecule has 0 aromatic heterocycles. The van der Waals surface area contributed by atoms with E-state index in [1.54, 1.807) is 31.2 Å². The molecule has 1 heterocycles. The van der Waals surface area contributed by atoms with Gasteiger partial charge >= 0.3 is 0 Å². The van der Waals surface area contributed by atoms with Crippen molar-refractivity contribution in [2.24, 2.45) is 0 Å². The van der Waals surface area contributed by atoms with Crippen LogP contribution in [0.1, 0.15) is 17.2 Å². The first-order valence-electron chi connectivity index (χ1n) is 10.2. The van der Waals surface area contributed by atoms with E-state index in [0.717, 1.165) is 11.1 Å². The van der Waals surface area contributed by atoms with Gasteiger partial charge in [0, 0.05) is 18.6 Å². The van der Waals surface area contributed by atoms with Crippen molar-refractivity contribution >= 4 is 19.7 Å². The zero-order valence-electron chi connectivity index (χ0n) is 18.6. The van der Waals surface area contributed by atoms with Gasteiger partial charge in [0.2, 0.25) is 0 Å². The molecule has 0 spiro atoms. The number of ether oxygens (including phenoxy) is 1. The standard InChI is InChI=1S/C22H29FN2O5S2/c1-15-5-10-20(30-4)21(11-15)32(28,29)22-14-31(26,27)13-18(22)24-12-19(25(2)3)16-6-8-17(23)9-7-16/h5-11,18-19,22,24H,12-14H2,1-4H3/t18-,19?,22-/m0/s1. The normalized spacial score (nSPS) is 21.6. The largest absolute Gasteiger partial charge is 0.495 e. The van der Waals surface area contributed by atoms with Crippen molar-refractivity contribution < 1.29 is 26.0 Å². The summed E-state index contributed by atoms with van der Waals surface area (Å²) in [5, 5.41) is 2.04. The minimum atomic E-state index is -3.99. The molecule has 1 saturated heterocycles. The molecule has 3 atom stereocenters. The van der Waals surface area contributed by atoms with Crippen LogP contribution in [0, 0.1) is 12.7 Å². The number of benzene rings is 2. The fraction of sp³-hybridized carbons (Fsp3) is 0.455. The summed E-state index contributed by atoms with van der Waals surface area (Å²) in [5.74, 6) is -0.877. The van der Waals surface area contributed by atoms with E-state index < -0.39 is 36.7 Å². The van der Waals surface area contributed by atoms with Gasteiger partial charge < -0.3 is 15.0 Å². The summed E-state index contributed by atoms with van der Waals surface area (Å²) in [4.78, 5) is 1.91. The zero-order chi connectivity index (χ0) is 23.7. The quantitative estimate of drug-likeness (QED) is 0.612. The Kier molecular flexibility index (Phi) is 7.28. The first-order valence-corrected chi connectivity index (χ1v) is 13.6. The highest BCUT2D eigenvalue weighted by Crippen LogP contribution is 2.32. The van der Waals surface area contributed by atoms with Gasteiger partial charge in [-0.2, -0.15) is 0 Å². The molecular formula is C22H29FN2O5S2. The lowest BCUT2D eigenvalue weighted by molar-refractivity contribution is 0.281. The third kappa shape index (κ3) is 5.31. The predicted octanol–water partition coefficient (Wildman–Crippen LogP) is 1.97. The fourth-order valence-electron chi connectivity index (χ4n) is 4.03. The van der Waals surface area contributed by atoms with E-state index in [1.165, 1.54) is 25.3 Å². The lowest BCUT2D eigenvalue weighted by atomic mass is 10.1. The summed E-state index contributed by atoms with van der Waals surface area (Å²) in [7, 11) is -2.45. The monoisotopic (exact) mass is 484 g/mol. The van der Waals surface area contributed by atoms with Gasteiger partial charge in [0.15, 0.2) is 19.7 Å². The van der Waals surface area contributed by atoms with Crippen LogP contribution in [0.3, 0.4) is 0 Å². The summed E-state index contributed by atoms with van der Waals surface area (Å²) in [5.41, 5.74) is 1.57. The van der Waals surface area contributed by atoms with E-state index in [1.807, 2.05) is 19.0 Å². The smallest absolute Gasteiger partial charge is 0.187 e. The van der Waals surface area contributed by atoms with E-state index >= 15 is 0 Å². The molecule has 0 bridgehead atoms. The molecule has 176 valence electrons. The van der Waals surface area contributed by atoms with Crippen molar-refractivity contribution in [3.8, 4) is 5.75 Å². The van der Waals surface area contributed by atoms with Crippen LogP contribution in [0.15, 0.2) is 47.4 Å². The van der Waals surface area contributed by atoms with Crippen molar-refractivity contribution in [3.63, 3.8) is 0 Å². The summed E-state index contributed by atoms with van der Waals surface area (Å²) < 4.78 is 70.5. The molecule has 10 heteroatoms. The van der Waals surface area contributed by atoms with Crippen LogP contribution in [0.25, 0.3) is 0 Å². The molecule has 2 aromatic carbocycles. The molecule has 7 nitrogen and oxygen atoms in total. The second-order valence-electron chi connectivity index (χ2n) is 8.36. The van der Waals surface area contributed by atoms with Gasteiger partial charge in [-0.3, -0.25) is 0 Å². The first kappa shape index (κ1) is 24.6. The number of likely N-dealkylation sites (N-methyl/N-ethyl adjacent to an activating group) is 1. The predicted molar refractivity (Wildman–Crippen MR) is 122 cm³/mol. The van der Waals surface area contributed by atoms with Gasteiger partial charge in [0.1, 0.15) is 16.5 Å². The lowest BCUT2D eigenvalue weighted by Gasteiger charge is -2.28. The number of rotatable bonds is 8. The van der Waals surface area contributed by atoms with Gasteiger partial charge in [-0.25, -0.2) is 21.2 Å². The molecule has 0 radical (unpaired) electrons. The van der Waals surface area contributed by atoms with Crippen LogP contribution >= 0.6 is 0 Å². The fourth-order valence-corrected chi connectivity index (χ4v) is 8.99. The number of nitrogens with one attached hydrogen (secondary N) is 1. The number of methoxy groups -OCH3 is 1. The van der Waals surface area contributed by atoms with Crippen molar-refractivity contribution in [1.82, 2.24) is 10.2 Å². The molecule has 1 N–H and O–H groups in total. The molecule has 1 unspecified atom stereocenters. The van der Waals surface area contributed by atoms with Gasteiger partial charge in [-0.1, -0.05) is 18.2 Å². The Balaban J connectivity index is 1.90. The van der Waals surface area contributed by atoms with Crippen LogP contribution in [-0.4, -0.2) is 72.3 Å². The minimum Gasteiger partial charge on any atom is -0.495 e. The summed E-state index contributed by atoms with van der Waals surface area (Å²) in [6.45, 7) is 2.07. The first-order chi connectivity index (χ1) is 14.9. The number of halogens is 1. The number of sulfone groups is 2. The molecule has 0 aliphatic carbocycles. The molecule has 2 aromatic rings. The number of hydrogen-bond acceptors (Lipinski definition) is 7.